The molecule has 1 aliphatic heterocycles. The molecule has 0 saturated carbocycles. The van der Waals surface area contributed by atoms with E-state index in [0.29, 0.717) is 6.04 Å². The largest absolute Gasteiger partial charge is 0.351 e. The van der Waals surface area contributed by atoms with Crippen molar-refractivity contribution in [2.24, 2.45) is 0 Å². The zero-order valence-corrected chi connectivity index (χ0v) is 14.9. The highest BCUT2D eigenvalue weighted by Gasteiger charge is 2.25. The lowest BCUT2D eigenvalue weighted by Gasteiger charge is -2.25. The van der Waals surface area contributed by atoms with Crippen molar-refractivity contribution in [2.75, 3.05) is 18.0 Å². The van der Waals surface area contributed by atoms with Crippen molar-refractivity contribution >= 4 is 17.2 Å². The van der Waals surface area contributed by atoms with Gasteiger partial charge in [-0.1, -0.05) is 20.8 Å². The number of nitrogens with one attached hydrogen (secondary N) is 1. The zero-order valence-electron chi connectivity index (χ0n) is 14.1. The molecule has 3 heterocycles. The lowest BCUT2D eigenvalue weighted by molar-refractivity contribution is 0.571. The van der Waals surface area contributed by atoms with Crippen molar-refractivity contribution in [1.82, 2.24) is 20.5 Å². The number of hydrogen-bond donors (Lipinski definition) is 1. The Kier molecular flexibility index (Phi) is 4.92. The molecule has 1 fully saturated rings. The van der Waals surface area contributed by atoms with E-state index < -0.39 is 0 Å². The number of hydrogen-bond acceptors (Lipinski definition) is 6. The third-order valence-electron chi connectivity index (χ3n) is 4.10. The molecule has 0 aliphatic carbocycles. The first-order chi connectivity index (χ1) is 11.0. The molecule has 2 aromatic rings. The fourth-order valence-electron chi connectivity index (χ4n) is 2.89. The maximum absolute atomic E-state index is 4.55. The van der Waals surface area contributed by atoms with Crippen LogP contribution in [0.1, 0.15) is 43.5 Å². The van der Waals surface area contributed by atoms with Crippen LogP contribution in [0.3, 0.4) is 0 Å². The lowest BCUT2D eigenvalue weighted by atomic mass is 9.98. The van der Waals surface area contributed by atoms with Crippen LogP contribution in [0.5, 0.6) is 0 Å². The number of thiazole rings is 1. The second-order valence-corrected chi connectivity index (χ2v) is 8.20. The standard InChI is InChI=1S/C17H25N5S/c1-17(2,3)16-19-12-14(23-16)11-18-10-13-6-5-9-22(13)15-7-4-8-20-21-15/h4,7-8,12-13,18H,5-6,9-11H2,1-3H3/t13-/m1/s1. The predicted molar refractivity (Wildman–Crippen MR) is 94.9 cm³/mol. The SMILES string of the molecule is CC(C)(C)c1ncc(CNC[C@H]2CCCN2c2cccnn2)s1. The van der Waals surface area contributed by atoms with Gasteiger partial charge < -0.3 is 10.2 Å². The Morgan fingerprint density at radius 2 is 2.26 bits per heavy atom. The zero-order chi connectivity index (χ0) is 16.3. The van der Waals surface area contributed by atoms with Gasteiger partial charge in [0.15, 0.2) is 5.82 Å². The second kappa shape index (κ2) is 6.93. The summed E-state index contributed by atoms with van der Waals surface area (Å²) < 4.78 is 0. The van der Waals surface area contributed by atoms with Gasteiger partial charge in [-0.25, -0.2) is 4.98 Å². The van der Waals surface area contributed by atoms with E-state index in [1.807, 2.05) is 29.7 Å². The highest BCUT2D eigenvalue weighted by molar-refractivity contribution is 7.11. The summed E-state index contributed by atoms with van der Waals surface area (Å²) >= 11 is 1.81. The average molecular weight is 331 g/mol. The van der Waals surface area contributed by atoms with Crippen LogP contribution < -0.4 is 10.2 Å². The Bertz CT molecular complexity index is 619. The summed E-state index contributed by atoms with van der Waals surface area (Å²) in [5.41, 5.74) is 0.136. The van der Waals surface area contributed by atoms with Gasteiger partial charge in [-0.3, -0.25) is 0 Å². The first-order valence-corrected chi connectivity index (χ1v) is 9.06. The minimum Gasteiger partial charge on any atom is -0.351 e. The molecule has 0 spiro atoms. The summed E-state index contributed by atoms with van der Waals surface area (Å²) in [4.78, 5) is 8.22. The van der Waals surface area contributed by atoms with Gasteiger partial charge in [-0.05, 0) is 25.0 Å². The van der Waals surface area contributed by atoms with Gasteiger partial charge >= 0.3 is 0 Å². The second-order valence-electron chi connectivity index (χ2n) is 7.08. The van der Waals surface area contributed by atoms with E-state index in [9.17, 15) is 0 Å². The van der Waals surface area contributed by atoms with Crippen molar-refractivity contribution in [3.05, 3.63) is 34.4 Å². The van der Waals surface area contributed by atoms with Crippen LogP contribution >= 0.6 is 11.3 Å². The van der Waals surface area contributed by atoms with E-state index in [-0.39, 0.29) is 5.41 Å². The van der Waals surface area contributed by atoms with E-state index >= 15 is 0 Å². The van der Waals surface area contributed by atoms with Crippen LogP contribution in [-0.4, -0.2) is 34.3 Å². The molecule has 1 N–H and O–H groups in total. The maximum atomic E-state index is 4.55. The summed E-state index contributed by atoms with van der Waals surface area (Å²) in [7, 11) is 0. The third-order valence-corrected chi connectivity index (χ3v) is 5.53. The van der Waals surface area contributed by atoms with E-state index in [2.05, 4.69) is 46.2 Å². The van der Waals surface area contributed by atoms with E-state index in [4.69, 9.17) is 0 Å². The Morgan fingerprint density at radius 3 is 2.96 bits per heavy atom. The predicted octanol–water partition coefficient (Wildman–Crippen LogP) is 2.99. The van der Waals surface area contributed by atoms with Gasteiger partial charge in [-0.15, -0.1) is 16.4 Å². The first-order valence-electron chi connectivity index (χ1n) is 8.24. The maximum Gasteiger partial charge on any atom is 0.151 e. The van der Waals surface area contributed by atoms with Gasteiger partial charge in [0.05, 0.1) is 5.01 Å². The molecule has 5 nitrogen and oxygen atoms in total. The number of aromatic nitrogens is 3. The highest BCUT2D eigenvalue weighted by Crippen LogP contribution is 2.27. The van der Waals surface area contributed by atoms with Crippen LogP contribution in [0.25, 0.3) is 0 Å². The topological polar surface area (TPSA) is 53.9 Å². The van der Waals surface area contributed by atoms with Crippen molar-refractivity contribution in [1.29, 1.82) is 0 Å². The quantitative estimate of drug-likeness (QED) is 0.913. The fourth-order valence-corrected chi connectivity index (χ4v) is 3.83. The normalized spacial score (nSPS) is 18.6. The summed E-state index contributed by atoms with van der Waals surface area (Å²) in [6, 6.07) is 4.50. The van der Waals surface area contributed by atoms with Crippen molar-refractivity contribution < 1.29 is 0 Å². The average Bonchev–Trinajstić information content (AvgIpc) is 3.17. The van der Waals surface area contributed by atoms with Gasteiger partial charge in [0.2, 0.25) is 0 Å². The van der Waals surface area contributed by atoms with E-state index in [1.54, 1.807) is 6.20 Å². The van der Waals surface area contributed by atoms with Crippen molar-refractivity contribution in [2.45, 2.75) is 51.6 Å². The summed E-state index contributed by atoms with van der Waals surface area (Å²) in [5.74, 6) is 0.990. The molecular formula is C17H25N5S. The molecular weight excluding hydrogens is 306 g/mol. The number of nitrogens with zero attached hydrogens (tertiary/aromatic N) is 4. The third kappa shape index (κ3) is 4.06. The lowest BCUT2D eigenvalue weighted by Crippen LogP contribution is -2.38. The smallest absolute Gasteiger partial charge is 0.151 e. The first kappa shape index (κ1) is 16.3. The minimum atomic E-state index is 0.136. The molecule has 0 radical (unpaired) electrons. The van der Waals surface area contributed by atoms with E-state index in [1.165, 1.54) is 22.7 Å². The molecule has 1 aliphatic rings. The Balaban J connectivity index is 1.53. The molecule has 1 atom stereocenters. The summed E-state index contributed by atoms with van der Waals surface area (Å²) in [5, 5.41) is 13.0. The van der Waals surface area contributed by atoms with Crippen LogP contribution in [0.2, 0.25) is 0 Å². The van der Waals surface area contributed by atoms with Crippen LogP contribution in [-0.2, 0) is 12.0 Å². The molecule has 0 unspecified atom stereocenters. The number of rotatable bonds is 5. The molecule has 3 rings (SSSR count). The number of anilines is 1. The van der Waals surface area contributed by atoms with Crippen LogP contribution in [0, 0.1) is 0 Å². The summed E-state index contributed by atoms with van der Waals surface area (Å²) in [6.45, 7) is 9.55. The van der Waals surface area contributed by atoms with Crippen LogP contribution in [0.15, 0.2) is 24.5 Å². The molecule has 2 aromatic heterocycles. The molecule has 124 valence electrons. The molecule has 23 heavy (non-hydrogen) atoms. The van der Waals surface area contributed by atoms with Gasteiger partial charge in [0, 0.05) is 48.4 Å². The Hall–Kier alpha value is -1.53. The molecule has 0 aromatic carbocycles. The molecule has 1 saturated heterocycles. The molecule has 6 heteroatoms. The minimum absolute atomic E-state index is 0.136. The molecule has 0 bridgehead atoms. The summed E-state index contributed by atoms with van der Waals surface area (Å²) in [6.07, 6.45) is 6.16. The monoisotopic (exact) mass is 331 g/mol. The highest BCUT2D eigenvalue weighted by atomic mass is 32.1. The van der Waals surface area contributed by atoms with Crippen molar-refractivity contribution in [3.63, 3.8) is 0 Å². The van der Waals surface area contributed by atoms with E-state index in [0.717, 1.165) is 25.5 Å². The van der Waals surface area contributed by atoms with Gasteiger partial charge in [0.1, 0.15) is 0 Å². The molecule has 0 amide bonds. The Labute approximate surface area is 142 Å². The van der Waals surface area contributed by atoms with Gasteiger partial charge in [0.25, 0.3) is 0 Å². The Morgan fingerprint density at radius 1 is 1.39 bits per heavy atom. The van der Waals surface area contributed by atoms with Crippen molar-refractivity contribution in [3.8, 4) is 0 Å². The van der Waals surface area contributed by atoms with Gasteiger partial charge in [-0.2, -0.15) is 5.10 Å². The van der Waals surface area contributed by atoms with Crippen LogP contribution in [0.4, 0.5) is 5.82 Å². The fraction of sp³-hybridized carbons (Fsp3) is 0.588.